The first-order valence-corrected chi connectivity index (χ1v) is 10.6. The fourth-order valence-corrected chi connectivity index (χ4v) is 4.24. The van der Waals surface area contributed by atoms with Gasteiger partial charge in [-0.25, -0.2) is 0 Å². The van der Waals surface area contributed by atoms with Crippen LogP contribution in [-0.4, -0.2) is 61.0 Å². The Morgan fingerprint density at radius 1 is 0.933 bits per heavy atom. The zero-order chi connectivity index (χ0) is 20.9. The van der Waals surface area contributed by atoms with Crippen LogP contribution in [0.5, 0.6) is 11.5 Å². The molecular weight excluding hydrogens is 380 g/mol. The highest BCUT2D eigenvalue weighted by Gasteiger charge is 2.31. The third-order valence-corrected chi connectivity index (χ3v) is 5.91. The Bertz CT molecular complexity index is 890. The van der Waals surface area contributed by atoms with E-state index in [1.807, 2.05) is 46.2 Å². The number of hydrogen-bond acceptors (Lipinski definition) is 4. The number of methoxy groups -OCH3 is 1. The lowest BCUT2D eigenvalue weighted by atomic mass is 10.1. The van der Waals surface area contributed by atoms with Gasteiger partial charge in [-0.3, -0.25) is 9.59 Å². The van der Waals surface area contributed by atoms with Gasteiger partial charge in [0.05, 0.1) is 18.7 Å². The van der Waals surface area contributed by atoms with Crippen molar-refractivity contribution in [2.75, 3.05) is 33.4 Å². The quantitative estimate of drug-likeness (QED) is 0.733. The Balaban J connectivity index is 1.37. The molecule has 0 spiro atoms. The largest absolute Gasteiger partial charge is 0.496 e. The molecule has 30 heavy (non-hydrogen) atoms. The minimum atomic E-state index is -0.0230. The lowest BCUT2D eigenvalue weighted by molar-refractivity contribution is 0.0687. The Morgan fingerprint density at radius 2 is 1.67 bits per heavy atom. The Morgan fingerprint density at radius 3 is 2.40 bits per heavy atom. The first-order chi connectivity index (χ1) is 14.7. The Labute approximate surface area is 177 Å². The number of nitrogens with zero attached hydrogens (tertiary/aromatic N) is 2. The maximum Gasteiger partial charge on any atom is 0.257 e. The van der Waals surface area contributed by atoms with Crippen LogP contribution in [0.3, 0.4) is 0 Å². The van der Waals surface area contributed by atoms with Crippen molar-refractivity contribution >= 4 is 11.8 Å². The lowest BCUT2D eigenvalue weighted by Crippen LogP contribution is -2.39. The molecule has 2 amide bonds. The van der Waals surface area contributed by atoms with Gasteiger partial charge in [0.15, 0.2) is 0 Å². The second-order valence-electron chi connectivity index (χ2n) is 7.83. The molecule has 4 rings (SSSR count). The molecule has 2 aliphatic rings. The molecule has 0 unspecified atom stereocenters. The van der Waals surface area contributed by atoms with Crippen LogP contribution >= 0.6 is 0 Å². The van der Waals surface area contributed by atoms with E-state index in [0.29, 0.717) is 35.8 Å². The second kappa shape index (κ2) is 9.20. The number of benzene rings is 2. The summed E-state index contributed by atoms with van der Waals surface area (Å²) in [5.41, 5.74) is 1.27. The topological polar surface area (TPSA) is 59.1 Å². The predicted octanol–water partition coefficient (Wildman–Crippen LogP) is 3.61. The molecule has 0 aliphatic carbocycles. The molecule has 158 valence electrons. The number of rotatable bonds is 6. The number of ether oxygens (including phenoxy) is 2. The van der Waals surface area contributed by atoms with E-state index in [2.05, 4.69) is 0 Å². The normalized spacial score (nSPS) is 18.5. The van der Waals surface area contributed by atoms with Crippen LogP contribution in [0.2, 0.25) is 0 Å². The standard InChI is InChI=1S/C24H28N2O4/c1-29-22-9-3-2-8-21(22)24(28)26-16-6-7-19(26)17-30-20-12-10-18(11-13-20)23(27)25-14-4-5-15-25/h2-3,8-13,19H,4-7,14-17H2,1H3/t19-/m1/s1. The highest BCUT2D eigenvalue weighted by Crippen LogP contribution is 2.26. The van der Waals surface area contributed by atoms with Crippen LogP contribution in [0.1, 0.15) is 46.4 Å². The highest BCUT2D eigenvalue weighted by atomic mass is 16.5. The van der Waals surface area contributed by atoms with Crippen LogP contribution in [0.25, 0.3) is 0 Å². The summed E-state index contributed by atoms with van der Waals surface area (Å²) in [7, 11) is 1.58. The van der Waals surface area contributed by atoms with Gasteiger partial charge in [0.1, 0.15) is 18.1 Å². The van der Waals surface area contributed by atoms with Gasteiger partial charge in [0, 0.05) is 25.2 Å². The predicted molar refractivity (Wildman–Crippen MR) is 114 cm³/mol. The van der Waals surface area contributed by atoms with Crippen LogP contribution in [0.4, 0.5) is 0 Å². The maximum absolute atomic E-state index is 13.0. The van der Waals surface area contributed by atoms with Crippen molar-refractivity contribution in [3.05, 3.63) is 59.7 Å². The van der Waals surface area contributed by atoms with Gasteiger partial charge in [-0.15, -0.1) is 0 Å². The first kappa shape index (κ1) is 20.3. The molecule has 0 aromatic heterocycles. The van der Waals surface area contributed by atoms with Gasteiger partial charge < -0.3 is 19.3 Å². The van der Waals surface area contributed by atoms with E-state index in [0.717, 1.165) is 38.8 Å². The Kier molecular flexibility index (Phi) is 6.21. The summed E-state index contributed by atoms with van der Waals surface area (Å²) in [6.45, 7) is 2.83. The molecule has 2 heterocycles. The van der Waals surface area contributed by atoms with Crippen molar-refractivity contribution < 1.29 is 19.1 Å². The van der Waals surface area contributed by atoms with Crippen LogP contribution < -0.4 is 9.47 Å². The fourth-order valence-electron chi connectivity index (χ4n) is 4.24. The molecule has 0 saturated carbocycles. The molecule has 2 aromatic rings. The summed E-state index contributed by atoms with van der Waals surface area (Å²) >= 11 is 0. The SMILES string of the molecule is COc1ccccc1C(=O)N1CCC[C@@H]1COc1ccc(C(=O)N2CCCC2)cc1. The minimum Gasteiger partial charge on any atom is -0.496 e. The summed E-state index contributed by atoms with van der Waals surface area (Å²) in [5.74, 6) is 1.37. The summed E-state index contributed by atoms with van der Waals surface area (Å²) in [5, 5.41) is 0. The number of carbonyl (C=O) groups is 2. The third-order valence-electron chi connectivity index (χ3n) is 5.91. The summed E-state index contributed by atoms with van der Waals surface area (Å²) in [6, 6.07) is 14.7. The third kappa shape index (κ3) is 4.27. The fraction of sp³-hybridized carbons (Fsp3) is 0.417. The highest BCUT2D eigenvalue weighted by molar-refractivity contribution is 5.97. The number of amides is 2. The second-order valence-corrected chi connectivity index (χ2v) is 7.83. The van der Waals surface area contributed by atoms with Crippen molar-refractivity contribution in [1.82, 2.24) is 9.80 Å². The van der Waals surface area contributed by atoms with Crippen molar-refractivity contribution in [2.24, 2.45) is 0 Å². The van der Waals surface area contributed by atoms with E-state index in [1.165, 1.54) is 0 Å². The maximum atomic E-state index is 13.0. The first-order valence-electron chi connectivity index (χ1n) is 10.6. The van der Waals surface area contributed by atoms with Gasteiger partial charge >= 0.3 is 0 Å². The molecule has 2 aliphatic heterocycles. The number of likely N-dealkylation sites (tertiary alicyclic amines) is 2. The van der Waals surface area contributed by atoms with Crippen molar-refractivity contribution in [1.29, 1.82) is 0 Å². The molecule has 6 heteroatoms. The van der Waals surface area contributed by atoms with E-state index in [4.69, 9.17) is 9.47 Å². The van der Waals surface area contributed by atoms with Gasteiger partial charge in [0.2, 0.25) is 0 Å². The zero-order valence-corrected chi connectivity index (χ0v) is 17.4. The van der Waals surface area contributed by atoms with E-state index in [9.17, 15) is 9.59 Å². The zero-order valence-electron chi connectivity index (χ0n) is 17.4. The number of hydrogen-bond donors (Lipinski definition) is 0. The molecule has 0 bridgehead atoms. The molecule has 0 N–H and O–H groups in total. The van der Waals surface area contributed by atoms with Crippen molar-refractivity contribution in [2.45, 2.75) is 31.7 Å². The molecule has 6 nitrogen and oxygen atoms in total. The average Bonchev–Trinajstić information content (AvgIpc) is 3.49. The van der Waals surface area contributed by atoms with Crippen LogP contribution in [-0.2, 0) is 0 Å². The van der Waals surface area contributed by atoms with E-state index >= 15 is 0 Å². The van der Waals surface area contributed by atoms with Gasteiger partial charge in [0.25, 0.3) is 11.8 Å². The van der Waals surface area contributed by atoms with Gasteiger partial charge in [-0.2, -0.15) is 0 Å². The van der Waals surface area contributed by atoms with Crippen LogP contribution in [0, 0.1) is 0 Å². The molecule has 1 atom stereocenters. The minimum absolute atomic E-state index is 0.0216. The van der Waals surface area contributed by atoms with E-state index in [1.54, 1.807) is 19.2 Å². The number of carbonyl (C=O) groups excluding carboxylic acids is 2. The van der Waals surface area contributed by atoms with Gasteiger partial charge in [-0.05, 0) is 62.1 Å². The monoisotopic (exact) mass is 408 g/mol. The molecule has 0 radical (unpaired) electrons. The molecule has 2 aromatic carbocycles. The molecule has 2 fully saturated rings. The van der Waals surface area contributed by atoms with Crippen LogP contribution in [0.15, 0.2) is 48.5 Å². The summed E-state index contributed by atoms with van der Waals surface area (Å²) in [6.07, 6.45) is 4.03. The van der Waals surface area contributed by atoms with E-state index < -0.39 is 0 Å². The molecule has 2 saturated heterocycles. The summed E-state index contributed by atoms with van der Waals surface area (Å²) in [4.78, 5) is 29.3. The van der Waals surface area contributed by atoms with E-state index in [-0.39, 0.29) is 17.9 Å². The van der Waals surface area contributed by atoms with Crippen molar-refractivity contribution in [3.8, 4) is 11.5 Å². The van der Waals surface area contributed by atoms with Crippen molar-refractivity contribution in [3.63, 3.8) is 0 Å². The molecular formula is C24H28N2O4. The number of para-hydroxylation sites is 1. The smallest absolute Gasteiger partial charge is 0.257 e. The summed E-state index contributed by atoms with van der Waals surface area (Å²) < 4.78 is 11.3. The Hall–Kier alpha value is -3.02. The van der Waals surface area contributed by atoms with Gasteiger partial charge in [-0.1, -0.05) is 12.1 Å². The average molecular weight is 408 g/mol. The lowest BCUT2D eigenvalue weighted by Gasteiger charge is -2.25.